The Morgan fingerprint density at radius 3 is 1.03 bits per heavy atom. The Bertz CT molecular complexity index is 6610. The molecule has 580 valence electrons. The van der Waals surface area contributed by atoms with Gasteiger partial charge in [0.25, 0.3) is 0 Å². The maximum absolute atomic E-state index is 13.0. The topological polar surface area (TPSA) is 195 Å². The number of rotatable bonds is 14. The number of halogens is 3. The molecular weight excluding hydrogens is 1510 g/mol. The van der Waals surface area contributed by atoms with E-state index in [2.05, 4.69) is 86.7 Å². The predicted molar refractivity (Wildman–Crippen MR) is 468 cm³/mol. The zero-order valence-corrected chi connectivity index (χ0v) is 64.1. The zero-order valence-electron chi connectivity index (χ0n) is 63.3. The fourth-order valence-electron chi connectivity index (χ4n) is 13.6. The van der Waals surface area contributed by atoms with Crippen molar-refractivity contribution in [3.63, 3.8) is 0 Å². The molecule has 20 heteroatoms. The number of fused-ring (bicyclic) bond motifs is 2. The van der Waals surface area contributed by atoms with Gasteiger partial charge in [0, 0.05) is 38.8 Å². The van der Waals surface area contributed by atoms with Crippen molar-refractivity contribution in [2.45, 2.75) is 59.3 Å². The van der Waals surface area contributed by atoms with E-state index in [1.54, 1.807) is 36.4 Å². The monoisotopic (exact) mass is 1580 g/mol. The molecule has 3 heterocycles. The molecular formula is C99H74BF3N10O5S. The molecule has 0 aliphatic carbocycles. The van der Waals surface area contributed by atoms with Crippen LogP contribution in [0.3, 0.4) is 0 Å². The van der Waals surface area contributed by atoms with Crippen LogP contribution in [-0.4, -0.2) is 62.2 Å². The summed E-state index contributed by atoms with van der Waals surface area (Å²) in [6.45, 7) is 22.6. The first-order valence-corrected chi connectivity index (χ1v) is 38.4. The van der Waals surface area contributed by atoms with Gasteiger partial charge in [-0.25, -0.2) is 39.6 Å². The van der Waals surface area contributed by atoms with Crippen LogP contribution in [0.5, 0.6) is 5.75 Å². The number of hydrogen-bond acceptors (Lipinski definition) is 13. The highest BCUT2D eigenvalue weighted by Gasteiger charge is 2.52. The van der Waals surface area contributed by atoms with E-state index >= 15 is 0 Å². The van der Waals surface area contributed by atoms with Gasteiger partial charge in [0.05, 0.1) is 47.6 Å². The van der Waals surface area contributed by atoms with Gasteiger partial charge < -0.3 is 13.5 Å². The van der Waals surface area contributed by atoms with Crippen molar-refractivity contribution >= 4 is 55.6 Å². The second-order valence-electron chi connectivity index (χ2n) is 28.4. The van der Waals surface area contributed by atoms with Gasteiger partial charge in [-0.15, -0.1) is 0 Å². The highest BCUT2D eigenvalue weighted by atomic mass is 32.2. The first-order valence-electron chi connectivity index (χ1n) is 37.0. The van der Waals surface area contributed by atoms with Crippen LogP contribution in [-0.2, 0) is 19.4 Å². The quantitative estimate of drug-likeness (QED) is 0.0432. The lowest BCUT2D eigenvalue weighted by molar-refractivity contribution is -0.0499. The Hall–Kier alpha value is -14.9. The minimum atomic E-state index is -5.82. The Morgan fingerprint density at radius 2 is 0.655 bits per heavy atom. The fourth-order valence-corrected chi connectivity index (χ4v) is 14.0. The molecule has 0 saturated carbocycles. The van der Waals surface area contributed by atoms with Crippen LogP contribution in [0.15, 0.2) is 328 Å². The van der Waals surface area contributed by atoms with E-state index in [1.165, 1.54) is 18.2 Å². The number of alkyl halides is 3. The Labute approximate surface area is 689 Å². The average molecular weight is 1580 g/mol. The first-order chi connectivity index (χ1) is 56.6. The minimum absolute atomic E-state index is 0. The number of nitrogens with zero attached hydrogens (tertiary/aromatic N) is 10. The van der Waals surface area contributed by atoms with E-state index in [9.17, 15) is 32.1 Å². The van der Waals surface area contributed by atoms with Gasteiger partial charge in [-0.2, -0.15) is 32.1 Å². The van der Waals surface area contributed by atoms with Gasteiger partial charge in [-0.05, 0) is 160 Å². The van der Waals surface area contributed by atoms with Gasteiger partial charge >= 0.3 is 22.7 Å². The molecule has 0 bridgehead atoms. The number of benzene rings is 14. The molecule has 0 radical (unpaired) electrons. The maximum atomic E-state index is 13.0. The normalized spacial score (nSPS) is 12.4. The lowest BCUT2D eigenvalue weighted by Gasteiger charge is -2.32. The summed E-state index contributed by atoms with van der Waals surface area (Å²) in [6, 6.07) is 108. The van der Waals surface area contributed by atoms with E-state index in [4.69, 9.17) is 52.4 Å². The van der Waals surface area contributed by atoms with Crippen molar-refractivity contribution in [1.29, 1.82) is 10.5 Å². The van der Waals surface area contributed by atoms with Gasteiger partial charge in [-0.1, -0.05) is 288 Å². The second-order valence-corrected chi connectivity index (χ2v) is 29.9. The summed E-state index contributed by atoms with van der Waals surface area (Å²) in [4.78, 5) is 35.8. The van der Waals surface area contributed by atoms with Crippen LogP contribution in [0, 0.1) is 35.8 Å². The van der Waals surface area contributed by atoms with Crippen LogP contribution in [0.1, 0.15) is 53.7 Å². The molecule has 0 atom stereocenters. The molecule has 1 aliphatic rings. The summed E-state index contributed by atoms with van der Waals surface area (Å²) in [7, 11) is -6.35. The molecule has 119 heavy (non-hydrogen) atoms. The van der Waals surface area contributed by atoms with Gasteiger partial charge in [-0.3, -0.25) is 0 Å². The van der Waals surface area contributed by atoms with Gasteiger partial charge in [0.2, 0.25) is 0 Å². The summed E-state index contributed by atoms with van der Waals surface area (Å²) in [5.74, 6) is 2.98. The van der Waals surface area contributed by atoms with E-state index in [-0.39, 0.29) is 20.2 Å². The highest BCUT2D eigenvalue weighted by molar-refractivity contribution is 7.88. The third-order valence-electron chi connectivity index (χ3n) is 20.2. The molecule has 14 aromatic carbocycles. The van der Waals surface area contributed by atoms with Crippen LogP contribution >= 0.6 is 0 Å². The summed E-state index contributed by atoms with van der Waals surface area (Å²) < 4.78 is 78.9. The van der Waals surface area contributed by atoms with E-state index in [0.29, 0.717) is 68.4 Å². The molecule has 1 saturated heterocycles. The van der Waals surface area contributed by atoms with Gasteiger partial charge in [0.15, 0.2) is 52.1 Å². The highest BCUT2D eigenvalue weighted by Crippen LogP contribution is 2.43. The zero-order chi connectivity index (χ0) is 81.4. The summed E-state index contributed by atoms with van der Waals surface area (Å²) in [5.41, 5.74) is 11.0. The molecule has 1 fully saturated rings. The number of hydrogen-bond donors (Lipinski definition) is 0. The largest absolute Gasteiger partial charge is 0.534 e. The fraction of sp³-hybridized carbons (Fsp3) is 0.0909. The summed E-state index contributed by atoms with van der Waals surface area (Å²) in [5, 5.41) is 22.3. The smallest absolute Gasteiger partial charge is 0.399 e. The van der Waals surface area contributed by atoms with Crippen LogP contribution < -0.4 is 9.65 Å². The van der Waals surface area contributed by atoms with Crippen molar-refractivity contribution in [1.82, 2.24) is 29.9 Å². The van der Waals surface area contributed by atoms with Crippen LogP contribution in [0.4, 0.5) is 24.5 Å². The number of nitriles is 2. The maximum Gasteiger partial charge on any atom is 0.534 e. The van der Waals surface area contributed by atoms with Gasteiger partial charge in [0.1, 0.15) is 0 Å². The standard InChI is InChI=1S/C45H27N5.C32H20F3N3O3S.C20H19BN2O2.2CH4/c1-47-38-16-10-15-35(28-38)36-25-30(29-46)26-37(27-36)40-24-23-39(41-17-8-9-18-42(40)41)31-19-21-34(22-20-31)45-49-43(32-11-4-2-5-12-32)48-44(50-45)33-13-6-3-7-14-33;33-32(34,35)42(39,40)41-28-20-19-25(26-13-7-8-14-27(26)28)21-15-17-24(18-16-21)31-37-29(22-9-3-1-4-10-22)36-30(38-31)23-11-5-2-6-12-23;1-19(2)20(3,4)25-21(24-19)17-10-14(13-22)9-16(11-17)15-7-6-8-18(12-15)23-5;;/h2-28H;1-20H;6-12H,1-4H3;2*1H4. The van der Waals surface area contributed by atoms with E-state index in [1.807, 2.05) is 240 Å². The molecule has 15 nitrogen and oxygen atoms in total. The molecule has 2 aromatic heterocycles. The van der Waals surface area contributed by atoms with E-state index < -0.39 is 39.7 Å². The molecule has 0 spiro atoms. The molecule has 1 aliphatic heterocycles. The molecule has 16 aromatic rings. The molecule has 17 rings (SSSR count). The summed E-state index contributed by atoms with van der Waals surface area (Å²) in [6.07, 6.45) is 0. The van der Waals surface area contributed by atoms with Crippen LogP contribution in [0.2, 0.25) is 0 Å². The Kier molecular flexibility index (Phi) is 24.2. The SMILES string of the molecule is C.C.O=S(=O)(Oc1ccc(-c2ccc(-c3nc(-c4ccccc4)nc(-c4ccccc4)n3)cc2)c2ccccc12)C(F)(F)F.[C-]#[N+]c1cccc(-c2cc(C#N)cc(-c3ccc(-c4ccc(-c5nc(-c6ccccc6)nc(-c6ccccc6)n5)cc4)c4ccccc34)c2)c1.[C-]#[N+]c1cccc(-c2cc(C#N)cc(B3OC(C)(C)C(C)(C)O3)c2)c1. The van der Waals surface area contributed by atoms with Crippen molar-refractivity contribution in [3.8, 4) is 142 Å². The third kappa shape index (κ3) is 18.0. The predicted octanol–water partition coefficient (Wildman–Crippen LogP) is 24.7. The van der Waals surface area contributed by atoms with Crippen molar-refractivity contribution < 1.29 is 35.1 Å². The third-order valence-corrected chi connectivity index (χ3v) is 21.2. The van der Waals surface area contributed by atoms with Crippen LogP contribution in [0.25, 0.3) is 155 Å². The van der Waals surface area contributed by atoms with Crippen molar-refractivity contribution in [2.75, 3.05) is 0 Å². The minimum Gasteiger partial charge on any atom is -0.399 e. The molecule has 0 unspecified atom stereocenters. The lowest BCUT2D eigenvalue weighted by atomic mass is 9.77. The van der Waals surface area contributed by atoms with Crippen molar-refractivity contribution in [2.24, 2.45) is 0 Å². The average Bonchev–Trinajstić information content (AvgIpc) is 1.75. The van der Waals surface area contributed by atoms with E-state index in [0.717, 1.165) is 99.7 Å². The molecule has 0 N–H and O–H groups in total. The Balaban J connectivity index is 0.000000161. The first kappa shape index (κ1) is 82.1. The molecule has 0 amide bonds. The summed E-state index contributed by atoms with van der Waals surface area (Å²) >= 11 is 0. The number of aromatic nitrogens is 6. The Morgan fingerprint density at radius 1 is 0.353 bits per heavy atom. The second kappa shape index (κ2) is 35.1. The lowest BCUT2D eigenvalue weighted by Crippen LogP contribution is -2.41. The van der Waals surface area contributed by atoms with Crippen molar-refractivity contribution in [3.05, 3.63) is 362 Å².